The first kappa shape index (κ1) is 11.3. The zero-order valence-corrected chi connectivity index (χ0v) is 9.97. The summed E-state index contributed by atoms with van der Waals surface area (Å²) in [6.07, 6.45) is 1.53. The first-order valence-corrected chi connectivity index (χ1v) is 6.23. The van der Waals surface area contributed by atoms with Gasteiger partial charge in [-0.05, 0) is 19.3 Å². The van der Waals surface area contributed by atoms with Crippen molar-refractivity contribution in [1.29, 1.82) is 0 Å². The number of hydrogen-bond donors (Lipinski definition) is 0. The highest BCUT2D eigenvalue weighted by molar-refractivity contribution is 9.10. The lowest BCUT2D eigenvalue weighted by Crippen LogP contribution is -2.42. The molecule has 0 spiro atoms. The molecule has 5 heteroatoms. The molecule has 1 aliphatic carbocycles. The fourth-order valence-corrected chi connectivity index (χ4v) is 2.83. The van der Waals surface area contributed by atoms with Gasteiger partial charge in [0.1, 0.15) is 0 Å². The van der Waals surface area contributed by atoms with Gasteiger partial charge in [0.15, 0.2) is 0 Å². The summed E-state index contributed by atoms with van der Waals surface area (Å²) in [4.78, 5) is 13.3. The van der Waals surface area contributed by atoms with Crippen molar-refractivity contribution in [3.8, 4) is 0 Å². The van der Waals surface area contributed by atoms with Gasteiger partial charge in [0.25, 0.3) is 0 Å². The van der Waals surface area contributed by atoms with Crippen molar-refractivity contribution in [3.63, 3.8) is 0 Å². The molecule has 0 bridgehead atoms. The monoisotopic (exact) mass is 281 g/mol. The molecule has 2 aliphatic rings. The first-order valence-electron chi connectivity index (χ1n) is 5.32. The number of halogens is 3. The predicted molar refractivity (Wildman–Crippen MR) is 56.2 cm³/mol. The van der Waals surface area contributed by atoms with Crippen LogP contribution in [0.1, 0.15) is 32.1 Å². The molecule has 1 heterocycles. The van der Waals surface area contributed by atoms with Gasteiger partial charge in [-0.15, -0.1) is 0 Å². The molecule has 0 aromatic rings. The lowest BCUT2D eigenvalue weighted by Gasteiger charge is -2.34. The van der Waals surface area contributed by atoms with Crippen LogP contribution in [0.15, 0.2) is 0 Å². The largest absolute Gasteiger partial charge is 0.339 e. The molecule has 0 aromatic heterocycles. The molecule has 0 radical (unpaired) electrons. The van der Waals surface area contributed by atoms with Crippen molar-refractivity contribution in [2.75, 3.05) is 6.54 Å². The molecule has 15 heavy (non-hydrogen) atoms. The number of carbonyl (C=O) groups is 1. The number of rotatable bonds is 1. The number of nitrogens with zero attached hydrogens (tertiary/aromatic N) is 1. The second-order valence-corrected chi connectivity index (χ2v) is 5.48. The maximum atomic E-state index is 12.9. The quantitative estimate of drug-likeness (QED) is 0.677. The Hall–Kier alpha value is -0.190. The summed E-state index contributed by atoms with van der Waals surface area (Å²) in [6, 6.07) is 0.0414. The van der Waals surface area contributed by atoms with E-state index in [2.05, 4.69) is 15.9 Å². The molecule has 0 N–H and O–H groups in total. The summed E-state index contributed by atoms with van der Waals surface area (Å²) < 4.78 is 25.9. The SMILES string of the molecule is O=C1C(Br)CCN1C1CCC(F)(F)CC1. The average molecular weight is 282 g/mol. The van der Waals surface area contributed by atoms with Gasteiger partial charge < -0.3 is 4.90 Å². The minimum absolute atomic E-state index is 0.0414. The fourth-order valence-electron chi connectivity index (χ4n) is 2.37. The summed E-state index contributed by atoms with van der Waals surface area (Å²) in [5.41, 5.74) is 0. The van der Waals surface area contributed by atoms with Gasteiger partial charge in [-0.1, -0.05) is 15.9 Å². The van der Waals surface area contributed by atoms with E-state index < -0.39 is 5.92 Å². The molecule has 86 valence electrons. The zero-order valence-electron chi connectivity index (χ0n) is 8.39. The first-order chi connectivity index (χ1) is 6.99. The van der Waals surface area contributed by atoms with Crippen LogP contribution in [0.5, 0.6) is 0 Å². The van der Waals surface area contributed by atoms with Crippen LogP contribution in [0.2, 0.25) is 0 Å². The third-order valence-corrected chi connectivity index (χ3v) is 4.15. The lowest BCUT2D eigenvalue weighted by molar-refractivity contribution is -0.132. The Morgan fingerprint density at radius 1 is 1.27 bits per heavy atom. The van der Waals surface area contributed by atoms with Gasteiger partial charge in [0.05, 0.1) is 4.83 Å². The summed E-state index contributed by atoms with van der Waals surface area (Å²) >= 11 is 3.29. The Labute approximate surface area is 96.1 Å². The Bertz CT molecular complexity index is 262. The highest BCUT2D eigenvalue weighted by atomic mass is 79.9. The van der Waals surface area contributed by atoms with Gasteiger partial charge in [0, 0.05) is 25.4 Å². The van der Waals surface area contributed by atoms with Crippen molar-refractivity contribution in [2.45, 2.75) is 48.9 Å². The number of alkyl halides is 3. The Kier molecular flexibility index (Phi) is 3.01. The number of carbonyl (C=O) groups excluding carboxylic acids is 1. The van der Waals surface area contributed by atoms with E-state index in [9.17, 15) is 13.6 Å². The van der Waals surface area contributed by atoms with Crippen LogP contribution in [0.25, 0.3) is 0 Å². The van der Waals surface area contributed by atoms with E-state index >= 15 is 0 Å². The van der Waals surface area contributed by atoms with Crippen molar-refractivity contribution < 1.29 is 13.6 Å². The van der Waals surface area contributed by atoms with Gasteiger partial charge in [-0.3, -0.25) is 4.79 Å². The third kappa shape index (κ3) is 2.32. The van der Waals surface area contributed by atoms with E-state index in [4.69, 9.17) is 0 Å². The maximum absolute atomic E-state index is 12.9. The van der Waals surface area contributed by atoms with E-state index in [0.717, 1.165) is 6.42 Å². The number of likely N-dealkylation sites (tertiary alicyclic amines) is 1. The van der Waals surface area contributed by atoms with Crippen LogP contribution in [-0.2, 0) is 4.79 Å². The highest BCUT2D eigenvalue weighted by Gasteiger charge is 2.41. The van der Waals surface area contributed by atoms with E-state index in [1.54, 1.807) is 4.90 Å². The molecular formula is C10H14BrF2NO. The van der Waals surface area contributed by atoms with E-state index in [1.165, 1.54) is 0 Å². The minimum atomic E-state index is -2.51. The second-order valence-electron chi connectivity index (χ2n) is 4.37. The molecule has 1 unspecified atom stereocenters. The molecule has 1 atom stereocenters. The van der Waals surface area contributed by atoms with Crippen LogP contribution in [0.3, 0.4) is 0 Å². The third-order valence-electron chi connectivity index (χ3n) is 3.30. The lowest BCUT2D eigenvalue weighted by atomic mass is 9.91. The van der Waals surface area contributed by atoms with Gasteiger partial charge in [-0.25, -0.2) is 8.78 Å². The fraction of sp³-hybridized carbons (Fsp3) is 0.900. The Balaban J connectivity index is 1.94. The van der Waals surface area contributed by atoms with Crippen LogP contribution in [0, 0.1) is 0 Å². The average Bonchev–Trinajstić information content (AvgIpc) is 2.49. The molecule has 2 fully saturated rings. The molecule has 1 amide bonds. The maximum Gasteiger partial charge on any atom is 0.248 e. The summed E-state index contributed by atoms with van der Waals surface area (Å²) in [6.45, 7) is 0.713. The predicted octanol–water partition coefficient (Wildman–Crippen LogP) is 2.56. The van der Waals surface area contributed by atoms with E-state index in [0.29, 0.717) is 19.4 Å². The standard InChI is InChI=1S/C10H14BrF2NO/c11-8-3-6-14(9(8)15)7-1-4-10(12,13)5-2-7/h7-8H,1-6H2. The van der Waals surface area contributed by atoms with Crippen LogP contribution in [0.4, 0.5) is 8.78 Å². The number of amides is 1. The van der Waals surface area contributed by atoms with Gasteiger partial charge in [-0.2, -0.15) is 0 Å². The molecular weight excluding hydrogens is 268 g/mol. The van der Waals surface area contributed by atoms with Gasteiger partial charge in [0.2, 0.25) is 11.8 Å². The Morgan fingerprint density at radius 2 is 1.87 bits per heavy atom. The Morgan fingerprint density at radius 3 is 2.33 bits per heavy atom. The summed E-state index contributed by atoms with van der Waals surface area (Å²) in [5.74, 6) is -2.43. The molecule has 2 nitrogen and oxygen atoms in total. The molecule has 1 saturated heterocycles. The normalized spacial score (nSPS) is 32.3. The van der Waals surface area contributed by atoms with Crippen LogP contribution >= 0.6 is 15.9 Å². The van der Waals surface area contributed by atoms with Crippen LogP contribution < -0.4 is 0 Å². The highest BCUT2D eigenvalue weighted by Crippen LogP contribution is 2.36. The van der Waals surface area contributed by atoms with Crippen LogP contribution in [-0.4, -0.2) is 34.1 Å². The summed E-state index contributed by atoms with van der Waals surface area (Å²) in [5, 5.41) is 0. The van der Waals surface area contributed by atoms with Crippen molar-refractivity contribution >= 4 is 21.8 Å². The number of hydrogen-bond acceptors (Lipinski definition) is 1. The van der Waals surface area contributed by atoms with E-state index in [-0.39, 0.29) is 29.6 Å². The minimum Gasteiger partial charge on any atom is -0.339 e. The van der Waals surface area contributed by atoms with E-state index in [1.807, 2.05) is 0 Å². The van der Waals surface area contributed by atoms with Crippen molar-refractivity contribution in [3.05, 3.63) is 0 Å². The molecule has 0 aromatic carbocycles. The molecule has 1 aliphatic heterocycles. The van der Waals surface area contributed by atoms with Crippen molar-refractivity contribution in [2.24, 2.45) is 0 Å². The topological polar surface area (TPSA) is 20.3 Å². The van der Waals surface area contributed by atoms with Gasteiger partial charge >= 0.3 is 0 Å². The second kappa shape index (κ2) is 4.00. The molecule has 1 saturated carbocycles. The van der Waals surface area contributed by atoms with Crippen molar-refractivity contribution in [1.82, 2.24) is 4.90 Å². The smallest absolute Gasteiger partial charge is 0.248 e. The zero-order chi connectivity index (χ0) is 11.1. The summed E-state index contributed by atoms with van der Waals surface area (Å²) in [7, 11) is 0. The molecule has 2 rings (SSSR count).